The number of benzene rings is 3. The fourth-order valence-electron chi connectivity index (χ4n) is 4.83. The van der Waals surface area contributed by atoms with E-state index in [-0.39, 0.29) is 12.3 Å². The Labute approximate surface area is 229 Å². The van der Waals surface area contributed by atoms with E-state index in [4.69, 9.17) is 23.7 Å². The van der Waals surface area contributed by atoms with Crippen molar-refractivity contribution in [3.8, 4) is 23.0 Å². The molecule has 8 nitrogen and oxygen atoms in total. The zero-order valence-corrected chi connectivity index (χ0v) is 23.1. The van der Waals surface area contributed by atoms with Crippen LogP contribution in [0.3, 0.4) is 0 Å². The van der Waals surface area contributed by atoms with Crippen molar-refractivity contribution >= 4 is 17.6 Å². The predicted octanol–water partition coefficient (Wildman–Crippen LogP) is 5.75. The van der Waals surface area contributed by atoms with Gasteiger partial charge in [-0.05, 0) is 92.9 Å². The topological polar surface area (TPSA) is 83.5 Å². The number of amides is 1. The summed E-state index contributed by atoms with van der Waals surface area (Å²) in [5.41, 5.74) is 3.69. The van der Waals surface area contributed by atoms with Crippen LogP contribution in [0.25, 0.3) is 0 Å². The third kappa shape index (κ3) is 5.79. The highest BCUT2D eigenvalue weighted by molar-refractivity contribution is 5.99. The highest BCUT2D eigenvalue weighted by Crippen LogP contribution is 2.45. The fourth-order valence-corrected chi connectivity index (χ4v) is 4.83. The number of anilines is 1. The number of nitrogens with zero attached hydrogens (tertiary/aromatic N) is 1. The maximum Gasteiger partial charge on any atom is 0.337 e. The second-order valence-corrected chi connectivity index (χ2v) is 8.82. The molecule has 0 fully saturated rings. The zero-order valence-electron chi connectivity index (χ0n) is 23.1. The molecule has 39 heavy (non-hydrogen) atoms. The Morgan fingerprint density at radius 1 is 0.769 bits per heavy atom. The van der Waals surface area contributed by atoms with E-state index in [1.54, 1.807) is 29.2 Å². The third-order valence-corrected chi connectivity index (χ3v) is 6.42. The Kier molecular flexibility index (Phi) is 8.96. The molecular weight excluding hydrogens is 498 g/mol. The lowest BCUT2D eigenvalue weighted by atomic mass is 9.86. The van der Waals surface area contributed by atoms with Gasteiger partial charge in [0.1, 0.15) is 0 Å². The van der Waals surface area contributed by atoms with E-state index in [0.717, 1.165) is 16.7 Å². The van der Waals surface area contributed by atoms with Gasteiger partial charge in [0.25, 0.3) is 0 Å². The molecule has 0 aliphatic carbocycles. The van der Waals surface area contributed by atoms with Crippen molar-refractivity contribution in [1.82, 2.24) is 0 Å². The summed E-state index contributed by atoms with van der Waals surface area (Å²) in [5.74, 6) is 1.95. The van der Waals surface area contributed by atoms with Crippen LogP contribution in [-0.2, 0) is 16.0 Å². The quantitative estimate of drug-likeness (QED) is 0.290. The molecule has 3 aromatic rings. The van der Waals surface area contributed by atoms with Gasteiger partial charge >= 0.3 is 5.97 Å². The summed E-state index contributed by atoms with van der Waals surface area (Å²) in [7, 11) is 1.34. The first-order valence-electron chi connectivity index (χ1n) is 13.3. The molecule has 4 rings (SSSR count). The fraction of sp³-hybridized carbons (Fsp3) is 0.355. The molecule has 1 atom stereocenters. The average molecular weight is 534 g/mol. The molecule has 0 saturated heterocycles. The summed E-state index contributed by atoms with van der Waals surface area (Å²) in [6.45, 7) is 9.59. The number of hydrogen-bond acceptors (Lipinski definition) is 7. The maximum atomic E-state index is 13.8. The van der Waals surface area contributed by atoms with Crippen LogP contribution in [0.15, 0.2) is 54.6 Å². The van der Waals surface area contributed by atoms with Gasteiger partial charge in [-0.3, -0.25) is 4.79 Å². The highest BCUT2D eigenvalue weighted by atomic mass is 16.5. The van der Waals surface area contributed by atoms with Crippen molar-refractivity contribution < 1.29 is 33.3 Å². The van der Waals surface area contributed by atoms with Gasteiger partial charge in [0.05, 0.1) is 51.6 Å². The Morgan fingerprint density at radius 2 is 1.33 bits per heavy atom. The standard InChI is InChI=1S/C31H35NO7/c1-6-36-25-15-12-21(16-26(25)37-7-2)30-24-19-28(39-9-4)27(38-8-3)17-22(24)18-29(33)32(30)23-13-10-20(11-14-23)31(34)35-5/h10-17,19,30H,6-9,18H2,1-5H3. The molecule has 0 aromatic heterocycles. The largest absolute Gasteiger partial charge is 0.490 e. The molecule has 1 amide bonds. The Balaban J connectivity index is 1.91. The van der Waals surface area contributed by atoms with E-state index in [9.17, 15) is 9.59 Å². The van der Waals surface area contributed by atoms with Gasteiger partial charge in [-0.15, -0.1) is 0 Å². The SMILES string of the molecule is CCOc1ccc(C2c3cc(OCC)c(OCC)cc3CC(=O)N2c2ccc(C(=O)OC)cc2)cc1OCC. The number of carbonyl (C=O) groups excluding carboxylic acids is 2. The minimum absolute atomic E-state index is 0.0863. The van der Waals surface area contributed by atoms with Gasteiger partial charge in [0, 0.05) is 5.69 Å². The lowest BCUT2D eigenvalue weighted by Crippen LogP contribution is -2.41. The second-order valence-electron chi connectivity index (χ2n) is 8.82. The first-order chi connectivity index (χ1) is 18.9. The predicted molar refractivity (Wildman–Crippen MR) is 148 cm³/mol. The van der Waals surface area contributed by atoms with E-state index in [2.05, 4.69) is 0 Å². The van der Waals surface area contributed by atoms with E-state index in [1.165, 1.54) is 7.11 Å². The number of ether oxygens (including phenoxy) is 5. The number of rotatable bonds is 11. The molecule has 0 spiro atoms. The van der Waals surface area contributed by atoms with Gasteiger partial charge in [-0.2, -0.15) is 0 Å². The van der Waals surface area contributed by atoms with Crippen LogP contribution < -0.4 is 23.8 Å². The molecule has 1 aliphatic heterocycles. The van der Waals surface area contributed by atoms with Gasteiger partial charge in [0.2, 0.25) is 5.91 Å². The van der Waals surface area contributed by atoms with E-state index in [0.29, 0.717) is 60.7 Å². The van der Waals surface area contributed by atoms with Gasteiger partial charge < -0.3 is 28.6 Å². The maximum absolute atomic E-state index is 13.8. The van der Waals surface area contributed by atoms with Crippen LogP contribution in [0.5, 0.6) is 23.0 Å². The molecule has 1 aliphatic rings. The average Bonchev–Trinajstić information content (AvgIpc) is 2.94. The summed E-state index contributed by atoms with van der Waals surface area (Å²) >= 11 is 0. The van der Waals surface area contributed by atoms with Crippen molar-refractivity contribution in [3.63, 3.8) is 0 Å². The Morgan fingerprint density at radius 3 is 1.92 bits per heavy atom. The summed E-state index contributed by atoms with van der Waals surface area (Å²) in [5, 5.41) is 0. The zero-order chi connectivity index (χ0) is 27.9. The van der Waals surface area contributed by atoms with Gasteiger partial charge in [-0.1, -0.05) is 6.07 Å². The van der Waals surface area contributed by atoms with Crippen molar-refractivity contribution in [3.05, 3.63) is 76.9 Å². The summed E-state index contributed by atoms with van der Waals surface area (Å²) in [4.78, 5) is 27.6. The molecular formula is C31H35NO7. The minimum Gasteiger partial charge on any atom is -0.490 e. The van der Waals surface area contributed by atoms with Crippen molar-refractivity contribution in [2.75, 3.05) is 38.4 Å². The van der Waals surface area contributed by atoms with Crippen molar-refractivity contribution in [2.45, 2.75) is 40.2 Å². The number of methoxy groups -OCH3 is 1. The normalized spacial score (nSPS) is 14.4. The summed E-state index contributed by atoms with van der Waals surface area (Å²) in [6, 6.07) is 16.0. The first-order valence-corrected chi connectivity index (χ1v) is 13.3. The Bertz CT molecular complexity index is 1320. The molecule has 1 heterocycles. The van der Waals surface area contributed by atoms with Crippen molar-refractivity contribution in [2.24, 2.45) is 0 Å². The summed E-state index contributed by atoms with van der Waals surface area (Å²) in [6.07, 6.45) is 0.187. The van der Waals surface area contributed by atoms with Crippen LogP contribution in [-0.4, -0.2) is 45.4 Å². The smallest absolute Gasteiger partial charge is 0.337 e. The van der Waals surface area contributed by atoms with Crippen LogP contribution in [0.2, 0.25) is 0 Å². The monoisotopic (exact) mass is 533 g/mol. The van der Waals surface area contributed by atoms with Crippen LogP contribution in [0.4, 0.5) is 5.69 Å². The molecule has 0 bridgehead atoms. The summed E-state index contributed by atoms with van der Waals surface area (Å²) < 4.78 is 28.4. The van der Waals surface area contributed by atoms with E-state index < -0.39 is 12.0 Å². The van der Waals surface area contributed by atoms with Gasteiger partial charge in [-0.25, -0.2) is 4.79 Å². The number of esters is 1. The highest BCUT2D eigenvalue weighted by Gasteiger charge is 2.36. The first kappa shape index (κ1) is 27.8. The van der Waals surface area contributed by atoms with Crippen LogP contribution in [0.1, 0.15) is 60.8 Å². The second kappa shape index (κ2) is 12.6. The lowest BCUT2D eigenvalue weighted by molar-refractivity contribution is -0.118. The van der Waals surface area contributed by atoms with Crippen LogP contribution in [0, 0.1) is 0 Å². The van der Waals surface area contributed by atoms with Crippen LogP contribution >= 0.6 is 0 Å². The Hall–Kier alpha value is -4.20. The van der Waals surface area contributed by atoms with Crippen molar-refractivity contribution in [1.29, 1.82) is 0 Å². The molecule has 3 aromatic carbocycles. The molecule has 0 N–H and O–H groups in total. The molecule has 8 heteroatoms. The number of hydrogen-bond donors (Lipinski definition) is 0. The lowest BCUT2D eigenvalue weighted by Gasteiger charge is -2.38. The molecule has 0 saturated carbocycles. The van der Waals surface area contributed by atoms with E-state index in [1.807, 2.05) is 58.0 Å². The molecule has 0 radical (unpaired) electrons. The number of fused-ring (bicyclic) bond motifs is 1. The third-order valence-electron chi connectivity index (χ3n) is 6.42. The molecule has 206 valence electrons. The van der Waals surface area contributed by atoms with E-state index >= 15 is 0 Å². The molecule has 1 unspecified atom stereocenters. The number of carbonyl (C=O) groups is 2. The minimum atomic E-state index is -0.491. The van der Waals surface area contributed by atoms with Gasteiger partial charge in [0.15, 0.2) is 23.0 Å².